The van der Waals surface area contributed by atoms with Crippen LogP contribution in [0.4, 0.5) is 4.39 Å². The van der Waals surface area contributed by atoms with Gasteiger partial charge in [0.1, 0.15) is 5.82 Å². The average molecular weight is 325 g/mol. The lowest BCUT2D eigenvalue weighted by Gasteiger charge is -2.50. The van der Waals surface area contributed by atoms with E-state index in [0.717, 1.165) is 25.9 Å². The highest BCUT2D eigenvalue weighted by molar-refractivity contribution is 6.31. The SMILES string of the molecule is CC1(C)C(=O)N[C@@H]1C1CCN(Cc2c(F)cccc2Cl)CC1. The van der Waals surface area contributed by atoms with E-state index in [4.69, 9.17) is 11.6 Å². The molecular weight excluding hydrogens is 303 g/mol. The number of carbonyl (C=O) groups is 1. The zero-order chi connectivity index (χ0) is 15.9. The smallest absolute Gasteiger partial charge is 0.228 e. The van der Waals surface area contributed by atoms with Crippen molar-refractivity contribution in [2.45, 2.75) is 39.3 Å². The Labute approximate surface area is 135 Å². The molecule has 0 spiro atoms. The van der Waals surface area contributed by atoms with E-state index in [9.17, 15) is 9.18 Å². The molecule has 0 saturated carbocycles. The molecule has 1 aromatic rings. The van der Waals surface area contributed by atoms with Crippen LogP contribution in [0.5, 0.6) is 0 Å². The lowest BCUT2D eigenvalue weighted by molar-refractivity contribution is -0.146. The number of amides is 1. The van der Waals surface area contributed by atoms with E-state index < -0.39 is 0 Å². The third kappa shape index (κ3) is 2.74. The fourth-order valence-electron chi connectivity index (χ4n) is 3.63. The van der Waals surface area contributed by atoms with Gasteiger partial charge in [0.25, 0.3) is 0 Å². The van der Waals surface area contributed by atoms with Gasteiger partial charge in [-0.05, 0) is 57.8 Å². The van der Waals surface area contributed by atoms with Crippen molar-refractivity contribution < 1.29 is 9.18 Å². The number of hydrogen-bond acceptors (Lipinski definition) is 2. The van der Waals surface area contributed by atoms with E-state index in [-0.39, 0.29) is 23.2 Å². The largest absolute Gasteiger partial charge is 0.351 e. The van der Waals surface area contributed by atoms with E-state index >= 15 is 0 Å². The highest BCUT2D eigenvalue weighted by Gasteiger charge is 2.50. The Morgan fingerprint density at radius 3 is 2.59 bits per heavy atom. The van der Waals surface area contributed by atoms with Crippen molar-refractivity contribution in [3.63, 3.8) is 0 Å². The van der Waals surface area contributed by atoms with Gasteiger partial charge < -0.3 is 5.32 Å². The van der Waals surface area contributed by atoms with Crippen molar-refractivity contribution in [1.29, 1.82) is 0 Å². The first kappa shape index (κ1) is 15.8. The summed E-state index contributed by atoms with van der Waals surface area (Å²) in [6.07, 6.45) is 2.06. The summed E-state index contributed by atoms with van der Waals surface area (Å²) in [5.41, 5.74) is 0.335. The Morgan fingerprint density at radius 1 is 1.36 bits per heavy atom. The molecule has 0 aliphatic carbocycles. The number of nitrogens with zero attached hydrogens (tertiary/aromatic N) is 1. The van der Waals surface area contributed by atoms with Gasteiger partial charge in [0.05, 0.1) is 5.41 Å². The molecule has 120 valence electrons. The van der Waals surface area contributed by atoms with E-state index in [1.165, 1.54) is 6.07 Å². The molecule has 2 aliphatic rings. The Morgan fingerprint density at radius 2 is 2.05 bits per heavy atom. The van der Waals surface area contributed by atoms with Crippen LogP contribution < -0.4 is 5.32 Å². The Hall–Kier alpha value is -1.13. The Kier molecular flexibility index (Phi) is 4.17. The number of rotatable bonds is 3. The molecular formula is C17H22ClFN2O. The second-order valence-corrected chi connectivity index (χ2v) is 7.39. The molecule has 0 aromatic heterocycles. The number of nitrogens with one attached hydrogen (secondary N) is 1. The first-order chi connectivity index (χ1) is 10.4. The summed E-state index contributed by atoms with van der Waals surface area (Å²) in [5, 5.41) is 3.54. The zero-order valence-electron chi connectivity index (χ0n) is 13.0. The predicted molar refractivity (Wildman–Crippen MR) is 85.1 cm³/mol. The molecule has 1 atom stereocenters. The maximum absolute atomic E-state index is 13.9. The van der Waals surface area contributed by atoms with Crippen LogP contribution in [-0.4, -0.2) is 29.9 Å². The van der Waals surface area contributed by atoms with E-state index in [1.54, 1.807) is 12.1 Å². The fraction of sp³-hybridized carbons (Fsp3) is 0.588. The molecule has 1 amide bonds. The molecule has 2 aliphatic heterocycles. The average Bonchev–Trinajstić information content (AvgIpc) is 2.49. The van der Waals surface area contributed by atoms with Crippen molar-refractivity contribution in [2.24, 2.45) is 11.3 Å². The van der Waals surface area contributed by atoms with Crippen molar-refractivity contribution in [3.05, 3.63) is 34.6 Å². The van der Waals surface area contributed by atoms with Gasteiger partial charge in [0.15, 0.2) is 0 Å². The summed E-state index contributed by atoms with van der Waals surface area (Å²) < 4.78 is 13.9. The molecule has 0 bridgehead atoms. The van der Waals surface area contributed by atoms with E-state index in [1.807, 2.05) is 13.8 Å². The minimum absolute atomic E-state index is 0.151. The van der Waals surface area contributed by atoms with Crippen LogP contribution in [0.15, 0.2) is 18.2 Å². The minimum Gasteiger partial charge on any atom is -0.351 e. The lowest BCUT2D eigenvalue weighted by Crippen LogP contribution is -2.67. The topological polar surface area (TPSA) is 32.3 Å². The standard InChI is InChI=1S/C17H22ClFN2O/c1-17(2)15(20-16(17)22)11-6-8-21(9-7-11)10-12-13(18)4-3-5-14(12)19/h3-5,11,15H,6-10H2,1-2H3,(H,20,22)/t15-/m1/s1. The summed E-state index contributed by atoms with van der Waals surface area (Å²) in [4.78, 5) is 13.9. The highest BCUT2D eigenvalue weighted by Crippen LogP contribution is 2.38. The van der Waals surface area contributed by atoms with Gasteiger partial charge in [-0.2, -0.15) is 0 Å². The first-order valence-corrected chi connectivity index (χ1v) is 8.23. The molecule has 3 nitrogen and oxygen atoms in total. The van der Waals surface area contributed by atoms with Gasteiger partial charge in [-0.15, -0.1) is 0 Å². The van der Waals surface area contributed by atoms with E-state index in [0.29, 0.717) is 23.0 Å². The molecule has 22 heavy (non-hydrogen) atoms. The molecule has 1 aromatic carbocycles. The number of piperidine rings is 1. The van der Waals surface area contributed by atoms with Gasteiger partial charge in [-0.3, -0.25) is 9.69 Å². The van der Waals surface area contributed by atoms with E-state index in [2.05, 4.69) is 10.2 Å². The van der Waals surface area contributed by atoms with Crippen molar-refractivity contribution in [1.82, 2.24) is 10.2 Å². The molecule has 0 radical (unpaired) electrons. The fourth-order valence-corrected chi connectivity index (χ4v) is 3.85. The minimum atomic E-state index is -0.248. The zero-order valence-corrected chi connectivity index (χ0v) is 13.8. The quantitative estimate of drug-likeness (QED) is 0.866. The molecule has 5 heteroatoms. The number of likely N-dealkylation sites (tertiary alicyclic amines) is 1. The number of benzene rings is 1. The molecule has 2 fully saturated rings. The van der Waals surface area contributed by atoms with Crippen LogP contribution in [-0.2, 0) is 11.3 Å². The molecule has 2 heterocycles. The molecule has 2 saturated heterocycles. The maximum atomic E-state index is 13.9. The second kappa shape index (κ2) is 5.82. The van der Waals surface area contributed by atoms with Crippen LogP contribution in [0.2, 0.25) is 5.02 Å². The van der Waals surface area contributed by atoms with Gasteiger partial charge in [0.2, 0.25) is 5.91 Å². The normalized spacial score (nSPS) is 25.6. The summed E-state index contributed by atoms with van der Waals surface area (Å²) >= 11 is 6.10. The Bertz CT molecular complexity index is 562. The first-order valence-electron chi connectivity index (χ1n) is 7.86. The van der Waals surface area contributed by atoms with Crippen LogP contribution in [0.25, 0.3) is 0 Å². The number of halogens is 2. The van der Waals surface area contributed by atoms with Crippen molar-refractivity contribution in [2.75, 3.05) is 13.1 Å². The summed E-state index contributed by atoms with van der Waals surface area (Å²) in [5.74, 6) is 0.431. The van der Waals surface area contributed by atoms with Gasteiger partial charge in [0, 0.05) is 23.2 Å². The van der Waals surface area contributed by atoms with Crippen LogP contribution in [0, 0.1) is 17.2 Å². The van der Waals surface area contributed by atoms with Gasteiger partial charge in [-0.1, -0.05) is 17.7 Å². The monoisotopic (exact) mass is 324 g/mol. The number of β-lactam (4-membered cyclic amide) rings is 1. The molecule has 3 rings (SSSR count). The van der Waals surface area contributed by atoms with Crippen LogP contribution >= 0.6 is 11.6 Å². The van der Waals surface area contributed by atoms with Crippen LogP contribution in [0.3, 0.4) is 0 Å². The maximum Gasteiger partial charge on any atom is 0.228 e. The lowest BCUT2D eigenvalue weighted by atomic mass is 9.68. The summed E-state index contributed by atoms with van der Waals surface area (Å²) in [6.45, 7) is 6.41. The number of carbonyl (C=O) groups excluding carboxylic acids is 1. The van der Waals surface area contributed by atoms with Gasteiger partial charge >= 0.3 is 0 Å². The summed E-state index contributed by atoms with van der Waals surface area (Å²) in [6, 6.07) is 5.10. The summed E-state index contributed by atoms with van der Waals surface area (Å²) in [7, 11) is 0. The van der Waals surface area contributed by atoms with Crippen molar-refractivity contribution in [3.8, 4) is 0 Å². The second-order valence-electron chi connectivity index (χ2n) is 6.99. The third-order valence-corrected chi connectivity index (χ3v) is 5.55. The van der Waals surface area contributed by atoms with Crippen LogP contribution in [0.1, 0.15) is 32.3 Å². The van der Waals surface area contributed by atoms with Gasteiger partial charge in [-0.25, -0.2) is 4.39 Å². The predicted octanol–water partition coefficient (Wildman–Crippen LogP) is 3.22. The number of hydrogen-bond donors (Lipinski definition) is 1. The van der Waals surface area contributed by atoms with Crippen molar-refractivity contribution >= 4 is 17.5 Å². The Balaban J connectivity index is 1.58. The highest BCUT2D eigenvalue weighted by atomic mass is 35.5. The molecule has 1 N–H and O–H groups in total. The third-order valence-electron chi connectivity index (χ3n) is 5.20. The molecule has 0 unspecified atom stereocenters.